The van der Waals surface area contributed by atoms with Gasteiger partial charge in [0.25, 0.3) is 0 Å². The summed E-state index contributed by atoms with van der Waals surface area (Å²) in [4.78, 5) is 2.92. The maximum atomic E-state index is 2.92. The van der Waals surface area contributed by atoms with Gasteiger partial charge in [0, 0.05) is 5.54 Å². The Balaban J connectivity index is 4.22. The topological polar surface area (TPSA) is 3.24 Å². The standard InChI is InChI=1S/C41H85N/c1-6-9-12-15-18-21-24-27-30-33-36-39-42(40-37-34-31-28-25-22-19-16-13-10-7-2)41(4,5)38-35-32-29-26-23-20-17-14-11-8-3/h6-40H2,1-5H3. The number of nitrogens with zero attached hydrogens (tertiary/aromatic N) is 1. The number of rotatable bonds is 36. The Morgan fingerprint density at radius 1 is 0.286 bits per heavy atom. The first-order valence-electron chi connectivity index (χ1n) is 20.3. The maximum absolute atomic E-state index is 2.92. The lowest BCUT2D eigenvalue weighted by Gasteiger charge is -2.39. The monoisotopic (exact) mass is 592 g/mol. The summed E-state index contributed by atoms with van der Waals surface area (Å²) in [5.74, 6) is 0. The fraction of sp³-hybridized carbons (Fsp3) is 1.00. The molecule has 1 heteroatoms. The van der Waals surface area contributed by atoms with Gasteiger partial charge in [0.2, 0.25) is 0 Å². The Bertz CT molecular complexity index is 457. The third-order valence-electron chi connectivity index (χ3n) is 10.1. The van der Waals surface area contributed by atoms with E-state index in [1.807, 2.05) is 0 Å². The van der Waals surface area contributed by atoms with Gasteiger partial charge in [0.1, 0.15) is 0 Å². The van der Waals surface area contributed by atoms with Crippen LogP contribution in [0, 0.1) is 0 Å². The zero-order valence-electron chi connectivity index (χ0n) is 30.7. The molecule has 1 nitrogen and oxygen atoms in total. The first-order valence-corrected chi connectivity index (χ1v) is 20.3. The van der Waals surface area contributed by atoms with Gasteiger partial charge in [-0.2, -0.15) is 0 Å². The molecule has 0 aliphatic rings. The summed E-state index contributed by atoms with van der Waals surface area (Å²) < 4.78 is 0. The molecule has 0 amide bonds. The molecule has 0 heterocycles. The van der Waals surface area contributed by atoms with Crippen molar-refractivity contribution in [2.24, 2.45) is 0 Å². The van der Waals surface area contributed by atoms with Gasteiger partial charge in [0.15, 0.2) is 0 Å². The smallest absolute Gasteiger partial charge is 0.0153 e. The van der Waals surface area contributed by atoms with Crippen molar-refractivity contribution in [2.45, 2.75) is 252 Å². The van der Waals surface area contributed by atoms with Crippen LogP contribution in [-0.4, -0.2) is 23.5 Å². The Hall–Kier alpha value is -0.0400. The lowest BCUT2D eigenvalue weighted by molar-refractivity contribution is 0.102. The summed E-state index contributed by atoms with van der Waals surface area (Å²) in [6.45, 7) is 14.8. The Morgan fingerprint density at radius 3 is 0.762 bits per heavy atom. The summed E-state index contributed by atoms with van der Waals surface area (Å²) in [7, 11) is 0. The Kier molecular flexibility index (Phi) is 33.8. The van der Waals surface area contributed by atoms with Gasteiger partial charge >= 0.3 is 0 Å². The highest BCUT2D eigenvalue weighted by atomic mass is 15.2. The molecule has 0 saturated heterocycles. The van der Waals surface area contributed by atoms with Crippen molar-refractivity contribution in [3.63, 3.8) is 0 Å². The van der Waals surface area contributed by atoms with Crippen molar-refractivity contribution in [1.29, 1.82) is 0 Å². The van der Waals surface area contributed by atoms with Crippen molar-refractivity contribution in [3.8, 4) is 0 Å². The van der Waals surface area contributed by atoms with Gasteiger partial charge in [-0.25, -0.2) is 0 Å². The molecule has 0 N–H and O–H groups in total. The molecule has 0 radical (unpaired) electrons. The SMILES string of the molecule is CCCCCCCCCCCCCN(CCCCCCCCCCCCC)C(C)(C)CCCCCCCCCCCC. The van der Waals surface area contributed by atoms with Crippen molar-refractivity contribution in [3.05, 3.63) is 0 Å². The van der Waals surface area contributed by atoms with E-state index in [1.165, 1.54) is 225 Å². The average molecular weight is 592 g/mol. The second-order valence-corrected chi connectivity index (χ2v) is 14.8. The lowest BCUT2D eigenvalue weighted by atomic mass is 9.92. The molecule has 0 aromatic carbocycles. The molecule has 0 rings (SSSR count). The third-order valence-corrected chi connectivity index (χ3v) is 10.1. The molecule has 42 heavy (non-hydrogen) atoms. The fourth-order valence-corrected chi connectivity index (χ4v) is 6.85. The minimum Gasteiger partial charge on any atom is -0.298 e. The van der Waals surface area contributed by atoms with Gasteiger partial charge in [-0.3, -0.25) is 4.90 Å². The van der Waals surface area contributed by atoms with Crippen LogP contribution in [0.25, 0.3) is 0 Å². The van der Waals surface area contributed by atoms with Crippen molar-refractivity contribution >= 4 is 0 Å². The lowest BCUT2D eigenvalue weighted by Crippen LogP contribution is -2.45. The molecule has 0 aliphatic carbocycles. The zero-order chi connectivity index (χ0) is 30.8. The van der Waals surface area contributed by atoms with Crippen LogP contribution in [0.4, 0.5) is 0 Å². The normalized spacial score (nSPS) is 12.1. The minimum absolute atomic E-state index is 0.372. The molecule has 0 aliphatic heterocycles. The quantitative estimate of drug-likeness (QED) is 0.0655. The van der Waals surface area contributed by atoms with Crippen molar-refractivity contribution in [1.82, 2.24) is 4.90 Å². The highest BCUT2D eigenvalue weighted by Crippen LogP contribution is 2.25. The number of hydrogen-bond donors (Lipinski definition) is 0. The van der Waals surface area contributed by atoms with Gasteiger partial charge in [0.05, 0.1) is 0 Å². The predicted molar refractivity (Wildman–Crippen MR) is 195 cm³/mol. The number of unbranched alkanes of at least 4 members (excludes halogenated alkanes) is 29. The van der Waals surface area contributed by atoms with Crippen LogP contribution in [0.15, 0.2) is 0 Å². The highest BCUT2D eigenvalue weighted by Gasteiger charge is 2.25. The van der Waals surface area contributed by atoms with Crippen LogP contribution in [-0.2, 0) is 0 Å². The van der Waals surface area contributed by atoms with E-state index < -0.39 is 0 Å². The molecule has 0 spiro atoms. The van der Waals surface area contributed by atoms with Crippen LogP contribution in [0.3, 0.4) is 0 Å². The van der Waals surface area contributed by atoms with E-state index in [0.29, 0.717) is 5.54 Å². The summed E-state index contributed by atoms with van der Waals surface area (Å²) in [5, 5.41) is 0. The predicted octanol–water partition coefficient (Wildman–Crippen LogP) is 15.0. The molecule has 254 valence electrons. The molecule has 0 aromatic rings. The van der Waals surface area contributed by atoms with E-state index in [4.69, 9.17) is 0 Å². The Labute approximate surface area is 269 Å². The first-order chi connectivity index (χ1) is 20.6. The molecular weight excluding hydrogens is 506 g/mol. The van der Waals surface area contributed by atoms with Crippen LogP contribution in [0.2, 0.25) is 0 Å². The molecule has 0 unspecified atom stereocenters. The largest absolute Gasteiger partial charge is 0.298 e. The Morgan fingerprint density at radius 2 is 0.500 bits per heavy atom. The molecule has 0 saturated carbocycles. The molecular formula is C41H85N. The average Bonchev–Trinajstić information content (AvgIpc) is 2.98. The minimum atomic E-state index is 0.372. The van der Waals surface area contributed by atoms with E-state index in [2.05, 4.69) is 39.5 Å². The summed E-state index contributed by atoms with van der Waals surface area (Å²) >= 11 is 0. The van der Waals surface area contributed by atoms with Gasteiger partial charge in [-0.05, 0) is 46.2 Å². The zero-order valence-corrected chi connectivity index (χ0v) is 30.7. The first kappa shape index (κ1) is 42.0. The van der Waals surface area contributed by atoms with E-state index >= 15 is 0 Å². The number of hydrogen-bond acceptors (Lipinski definition) is 1. The summed E-state index contributed by atoms with van der Waals surface area (Å²) in [6, 6.07) is 0. The fourth-order valence-electron chi connectivity index (χ4n) is 6.85. The van der Waals surface area contributed by atoms with Crippen molar-refractivity contribution in [2.75, 3.05) is 13.1 Å². The molecule has 0 aromatic heterocycles. The molecule has 0 atom stereocenters. The van der Waals surface area contributed by atoms with Gasteiger partial charge < -0.3 is 0 Å². The highest BCUT2D eigenvalue weighted by molar-refractivity contribution is 4.81. The van der Waals surface area contributed by atoms with E-state index in [0.717, 1.165) is 0 Å². The second-order valence-electron chi connectivity index (χ2n) is 14.8. The van der Waals surface area contributed by atoms with Crippen LogP contribution >= 0.6 is 0 Å². The second kappa shape index (κ2) is 33.8. The summed E-state index contributed by atoms with van der Waals surface area (Å²) in [6.07, 6.45) is 47.7. The maximum Gasteiger partial charge on any atom is 0.0153 e. The van der Waals surface area contributed by atoms with Crippen LogP contribution in [0.1, 0.15) is 247 Å². The molecule has 0 bridgehead atoms. The third kappa shape index (κ3) is 30.0. The van der Waals surface area contributed by atoms with E-state index in [1.54, 1.807) is 0 Å². The van der Waals surface area contributed by atoms with E-state index in [9.17, 15) is 0 Å². The van der Waals surface area contributed by atoms with Gasteiger partial charge in [-0.15, -0.1) is 0 Å². The van der Waals surface area contributed by atoms with Crippen molar-refractivity contribution < 1.29 is 0 Å². The van der Waals surface area contributed by atoms with E-state index in [-0.39, 0.29) is 0 Å². The van der Waals surface area contributed by atoms with Crippen LogP contribution in [0.5, 0.6) is 0 Å². The summed E-state index contributed by atoms with van der Waals surface area (Å²) in [5.41, 5.74) is 0.372. The van der Waals surface area contributed by atoms with Crippen LogP contribution < -0.4 is 0 Å². The molecule has 0 fully saturated rings. The van der Waals surface area contributed by atoms with Gasteiger partial charge in [-0.1, -0.05) is 213 Å².